The third-order valence-corrected chi connectivity index (χ3v) is 6.00. The number of rotatable bonds is 4. The minimum Gasteiger partial charge on any atom is -0.234 e. The molecule has 0 fully saturated rings. The third kappa shape index (κ3) is 4.57. The number of halogens is 1. The first kappa shape index (κ1) is 16.5. The lowest BCUT2D eigenvalue weighted by molar-refractivity contribution is 1.34. The molecule has 0 unspecified atom stereocenters. The van der Waals surface area contributed by atoms with Crippen LogP contribution >= 0.6 is 56.5 Å². The van der Waals surface area contributed by atoms with Gasteiger partial charge in [-0.3, -0.25) is 0 Å². The molecule has 0 bridgehead atoms. The van der Waals surface area contributed by atoms with Crippen molar-refractivity contribution in [1.82, 2.24) is 4.37 Å². The molecule has 1 heterocycles. The van der Waals surface area contributed by atoms with E-state index in [-0.39, 0.29) is 0 Å². The molecule has 23 heavy (non-hydrogen) atoms. The second-order valence-electron chi connectivity index (χ2n) is 4.25. The van der Waals surface area contributed by atoms with E-state index >= 15 is 0 Å². The van der Waals surface area contributed by atoms with Gasteiger partial charge in [0, 0.05) is 20.3 Å². The topological polar surface area (TPSA) is 37.6 Å². The molecule has 0 saturated heterocycles. The van der Waals surface area contributed by atoms with E-state index in [9.17, 15) is 0 Å². The Hall–Kier alpha value is -1.34. The van der Waals surface area contributed by atoms with Crippen LogP contribution in [0.2, 0.25) is 5.15 Å². The maximum atomic E-state index is 5.96. The van der Waals surface area contributed by atoms with Crippen LogP contribution in [0.15, 0.2) is 68.3 Å². The van der Waals surface area contributed by atoms with E-state index in [1.165, 1.54) is 20.9 Å². The van der Waals surface area contributed by atoms with Crippen molar-refractivity contribution < 1.29 is 0 Å². The maximum Gasteiger partial charge on any atom is 0.179 e. The summed E-state index contributed by atoms with van der Waals surface area (Å²) in [6, 6.07) is 15.8. The van der Waals surface area contributed by atoms with Crippen molar-refractivity contribution in [3.63, 3.8) is 0 Å². The van der Waals surface area contributed by atoms with Crippen LogP contribution in [0, 0.1) is 0 Å². The van der Waals surface area contributed by atoms with E-state index < -0.39 is 0 Å². The molecule has 0 aliphatic heterocycles. The Morgan fingerprint density at radius 2 is 1.61 bits per heavy atom. The number of aliphatic imine (C=N–C) groups is 1. The molecule has 0 aliphatic carbocycles. The summed E-state index contributed by atoms with van der Waals surface area (Å²) in [7, 11) is 2.80. The molecule has 3 rings (SSSR count). The Labute approximate surface area is 155 Å². The fourth-order valence-electron chi connectivity index (χ4n) is 1.71. The van der Waals surface area contributed by atoms with Crippen molar-refractivity contribution in [3.05, 3.63) is 58.4 Å². The van der Waals surface area contributed by atoms with Crippen molar-refractivity contribution in [1.29, 1.82) is 0 Å². The first-order valence-electron chi connectivity index (χ1n) is 6.37. The van der Waals surface area contributed by atoms with Crippen LogP contribution in [0.5, 0.6) is 0 Å². The lowest BCUT2D eigenvalue weighted by Gasteiger charge is -2.02. The van der Waals surface area contributed by atoms with E-state index in [2.05, 4.69) is 31.7 Å². The Balaban J connectivity index is 1.75. The zero-order chi connectivity index (χ0) is 16.1. The Bertz CT molecular complexity index is 907. The number of nitrogens with zero attached hydrogens (tertiary/aromatic N) is 3. The highest BCUT2D eigenvalue weighted by Crippen LogP contribution is 2.30. The van der Waals surface area contributed by atoms with Crippen LogP contribution in [0.25, 0.3) is 0 Å². The van der Waals surface area contributed by atoms with Gasteiger partial charge in [0.25, 0.3) is 0 Å². The van der Waals surface area contributed by atoms with Gasteiger partial charge >= 0.3 is 0 Å². The van der Waals surface area contributed by atoms with Crippen molar-refractivity contribution in [2.75, 3.05) is 0 Å². The molecule has 0 radical (unpaired) electrons. The molecule has 1 aromatic heterocycles. The zero-order valence-corrected chi connectivity index (χ0v) is 15.5. The minimum atomic E-state index is 0.456. The summed E-state index contributed by atoms with van der Waals surface area (Å²) in [6.07, 6.45) is 0. The molecular formula is C15H8ClN3S4. The summed E-state index contributed by atoms with van der Waals surface area (Å²) < 4.78 is 4.76. The number of hydrogen-bond donors (Lipinski definition) is 0. The summed E-state index contributed by atoms with van der Waals surface area (Å²) in [5.41, 5.74) is 1.67. The van der Waals surface area contributed by atoms with Crippen molar-refractivity contribution in [3.8, 4) is 0 Å². The molecule has 3 nitrogen and oxygen atoms in total. The minimum absolute atomic E-state index is 0.456. The van der Waals surface area contributed by atoms with Crippen molar-refractivity contribution in [2.45, 2.75) is 9.79 Å². The highest BCUT2D eigenvalue weighted by atomic mass is 35.5. The number of thiocarbonyl (C=S) groups is 1. The van der Waals surface area contributed by atoms with Crippen molar-refractivity contribution in [2.24, 2.45) is 9.98 Å². The first-order valence-corrected chi connectivity index (χ1v) is 10.1. The average molecular weight is 394 g/mol. The van der Waals surface area contributed by atoms with Crippen LogP contribution in [0.3, 0.4) is 0 Å². The number of aromatic nitrogens is 1. The largest absolute Gasteiger partial charge is 0.234 e. The van der Waals surface area contributed by atoms with Crippen LogP contribution in [0.4, 0.5) is 11.4 Å². The van der Waals surface area contributed by atoms with E-state index in [0.717, 1.165) is 25.8 Å². The van der Waals surface area contributed by atoms with Gasteiger partial charge in [0.2, 0.25) is 0 Å². The molecule has 0 spiro atoms. The summed E-state index contributed by atoms with van der Waals surface area (Å²) in [6.45, 7) is 0. The second kappa shape index (κ2) is 7.97. The van der Waals surface area contributed by atoms with Gasteiger partial charge in [0.05, 0.1) is 16.5 Å². The smallest absolute Gasteiger partial charge is 0.179 e. The Kier molecular flexibility index (Phi) is 5.72. The molecule has 8 heteroatoms. The number of isothiocyanates is 1. The van der Waals surface area contributed by atoms with Crippen LogP contribution in [-0.4, -0.2) is 9.53 Å². The SMILES string of the molecule is S=C=Nc1ccc(Sc2ccc(N=c3ssnc3Cl)cc2)cc1. The van der Waals surface area contributed by atoms with Crippen LogP contribution in [-0.2, 0) is 0 Å². The Morgan fingerprint density at radius 1 is 1.00 bits per heavy atom. The maximum absolute atomic E-state index is 5.96. The molecule has 3 aromatic rings. The fraction of sp³-hybridized carbons (Fsp3) is 0. The lowest BCUT2D eigenvalue weighted by Crippen LogP contribution is -1.92. The van der Waals surface area contributed by atoms with Gasteiger partial charge in [-0.05, 0) is 71.1 Å². The average Bonchev–Trinajstić information content (AvgIpc) is 2.96. The predicted molar refractivity (Wildman–Crippen MR) is 102 cm³/mol. The molecule has 0 saturated carbocycles. The van der Waals surface area contributed by atoms with E-state index in [4.69, 9.17) is 11.6 Å². The highest BCUT2D eigenvalue weighted by Gasteiger charge is 2.00. The molecule has 0 aliphatic rings. The van der Waals surface area contributed by atoms with E-state index in [0.29, 0.717) is 5.15 Å². The molecule has 114 valence electrons. The summed E-state index contributed by atoms with van der Waals surface area (Å²) in [5.74, 6) is 0. The monoisotopic (exact) mass is 393 g/mol. The lowest BCUT2D eigenvalue weighted by atomic mass is 10.3. The fourth-order valence-corrected chi connectivity index (χ4v) is 4.62. The van der Waals surface area contributed by atoms with Gasteiger partial charge in [0.15, 0.2) is 9.82 Å². The number of benzene rings is 2. The zero-order valence-electron chi connectivity index (χ0n) is 11.5. The first-order chi connectivity index (χ1) is 11.2. The molecule has 2 aromatic carbocycles. The standard InChI is InChI=1S/C15H8ClN3S4/c16-14-15(22-23-19-14)18-11-3-7-13(8-4-11)21-12-5-1-10(2-6-12)17-9-20/h1-8H. The molecule has 0 atom stereocenters. The van der Waals surface area contributed by atoms with Gasteiger partial charge in [0.1, 0.15) is 0 Å². The van der Waals surface area contributed by atoms with Gasteiger partial charge in [-0.15, -0.1) is 0 Å². The summed E-state index contributed by atoms with van der Waals surface area (Å²) in [5, 5.41) is 2.82. The van der Waals surface area contributed by atoms with Gasteiger partial charge in [-0.2, -0.15) is 9.37 Å². The second-order valence-corrected chi connectivity index (χ2v) is 7.77. The van der Waals surface area contributed by atoms with Crippen LogP contribution < -0.4 is 4.67 Å². The van der Waals surface area contributed by atoms with Gasteiger partial charge < -0.3 is 0 Å². The Morgan fingerprint density at radius 3 is 2.13 bits per heavy atom. The summed E-state index contributed by atoms with van der Waals surface area (Å²) in [4.78, 5) is 10.7. The molecule has 0 N–H and O–H groups in total. The summed E-state index contributed by atoms with van der Waals surface area (Å²) >= 11 is 12.2. The van der Waals surface area contributed by atoms with Gasteiger partial charge in [-0.1, -0.05) is 23.4 Å². The molecule has 0 amide bonds. The van der Waals surface area contributed by atoms with Crippen LogP contribution in [0.1, 0.15) is 0 Å². The third-order valence-electron chi connectivity index (χ3n) is 2.72. The normalized spacial score (nSPS) is 11.3. The predicted octanol–water partition coefficient (Wildman–Crippen LogP) is 5.98. The van der Waals surface area contributed by atoms with E-state index in [1.807, 2.05) is 48.5 Å². The molecular weight excluding hydrogens is 386 g/mol. The van der Waals surface area contributed by atoms with E-state index in [1.54, 1.807) is 11.8 Å². The quantitative estimate of drug-likeness (QED) is 0.311. The highest BCUT2D eigenvalue weighted by molar-refractivity contribution is 7.99. The number of hydrogen-bond acceptors (Lipinski definition) is 7. The van der Waals surface area contributed by atoms with Gasteiger partial charge in [-0.25, -0.2) is 4.99 Å². The van der Waals surface area contributed by atoms with Crippen molar-refractivity contribution >= 4 is 73.0 Å².